The van der Waals surface area contributed by atoms with E-state index >= 15 is 0 Å². The van der Waals surface area contributed by atoms with Crippen LogP contribution in [0.2, 0.25) is 19.6 Å². The van der Waals surface area contributed by atoms with Crippen molar-refractivity contribution < 1.29 is 29.4 Å². The quantitative estimate of drug-likeness (QED) is 0.352. The lowest BCUT2D eigenvalue weighted by atomic mass is 9.79. The summed E-state index contributed by atoms with van der Waals surface area (Å²) in [5, 5.41) is 0. The Hall–Kier alpha value is -1.47. The van der Waals surface area contributed by atoms with Gasteiger partial charge in [-0.1, -0.05) is 41.3 Å². The van der Waals surface area contributed by atoms with Crippen molar-refractivity contribution in [3.63, 3.8) is 0 Å². The van der Waals surface area contributed by atoms with Crippen LogP contribution < -0.4 is 4.18 Å². The second kappa shape index (κ2) is 6.57. The summed E-state index contributed by atoms with van der Waals surface area (Å²) in [7, 11) is -7.13. The molecule has 1 aromatic rings. The van der Waals surface area contributed by atoms with Crippen LogP contribution in [0.4, 0.5) is 16.8 Å². The zero-order chi connectivity index (χ0) is 18.1. The van der Waals surface area contributed by atoms with Crippen molar-refractivity contribution in [3.8, 4) is 17.2 Å². The smallest absolute Gasteiger partial charge is 0.449 e. The Balaban J connectivity index is 3.45. The Bertz CT molecular complexity index is 758. The van der Waals surface area contributed by atoms with E-state index in [1.807, 2.05) is 19.6 Å². The largest absolute Gasteiger partial charge is 0.488 e. The molecule has 1 rings (SSSR count). The van der Waals surface area contributed by atoms with E-state index in [4.69, 9.17) is 0 Å². The van der Waals surface area contributed by atoms with Gasteiger partial charge in [0.1, 0.15) is 13.8 Å². The number of hydrogen-bond acceptors (Lipinski definition) is 3. The molecule has 0 N–H and O–H groups in total. The maximum absolute atomic E-state index is 12.7. The van der Waals surface area contributed by atoms with Gasteiger partial charge in [-0.15, -0.1) is 5.54 Å². The summed E-state index contributed by atoms with van der Waals surface area (Å²) in [5.41, 5.74) is 3.27. The van der Waals surface area contributed by atoms with E-state index in [0.717, 1.165) is 12.1 Å². The standard InChI is InChI=1S/C13H16BF4O3SSi/c1-10-11(5-6-23(2,3)4)7-13(21-22(18,19)20)8-12(10)9-14(15,16)17/h7-8H,9H2,1-4H3/q-1. The van der Waals surface area contributed by atoms with Crippen LogP contribution in [0.3, 0.4) is 0 Å². The summed E-state index contributed by atoms with van der Waals surface area (Å²) in [5.74, 6) is 2.24. The fraction of sp³-hybridized carbons (Fsp3) is 0.385. The van der Waals surface area contributed by atoms with Crippen molar-refractivity contribution in [1.29, 1.82) is 0 Å². The highest BCUT2D eigenvalue weighted by molar-refractivity contribution is 7.81. The molecule has 0 heterocycles. The monoisotopic (exact) mass is 367 g/mol. The molecule has 0 spiro atoms. The molecule has 0 bridgehead atoms. The van der Waals surface area contributed by atoms with Crippen LogP contribution in [0.25, 0.3) is 0 Å². The molecule has 0 aliphatic carbocycles. The molecular weight excluding hydrogens is 351 g/mol. The van der Waals surface area contributed by atoms with Gasteiger partial charge in [-0.2, -0.15) is 8.42 Å². The van der Waals surface area contributed by atoms with E-state index in [-0.39, 0.29) is 16.7 Å². The number of halogens is 4. The first-order valence-corrected chi connectivity index (χ1v) is 11.5. The summed E-state index contributed by atoms with van der Waals surface area (Å²) in [4.78, 5) is 0. The molecule has 0 atom stereocenters. The normalized spacial score (nSPS) is 12.5. The van der Waals surface area contributed by atoms with E-state index in [9.17, 15) is 25.3 Å². The molecule has 0 fully saturated rings. The average Bonchev–Trinajstić information content (AvgIpc) is 2.26. The first kappa shape index (κ1) is 19.6. The predicted molar refractivity (Wildman–Crippen MR) is 84.8 cm³/mol. The first-order chi connectivity index (χ1) is 10.2. The Kier molecular flexibility index (Phi) is 5.59. The molecule has 0 saturated carbocycles. The molecule has 0 amide bonds. The summed E-state index contributed by atoms with van der Waals surface area (Å²) in [6.07, 6.45) is -1.23. The summed E-state index contributed by atoms with van der Waals surface area (Å²) in [6.45, 7) is 2.15. The van der Waals surface area contributed by atoms with Gasteiger partial charge in [-0.05, 0) is 24.6 Å². The highest BCUT2D eigenvalue weighted by Crippen LogP contribution is 2.27. The van der Waals surface area contributed by atoms with Gasteiger partial charge in [-0.3, -0.25) is 0 Å². The van der Waals surface area contributed by atoms with Crippen LogP contribution in [0.15, 0.2) is 12.1 Å². The first-order valence-electron chi connectivity index (χ1n) is 6.68. The Morgan fingerprint density at radius 2 is 1.78 bits per heavy atom. The topological polar surface area (TPSA) is 43.4 Å². The fourth-order valence-corrected chi connectivity index (χ4v) is 2.59. The molecule has 23 heavy (non-hydrogen) atoms. The molecule has 3 nitrogen and oxygen atoms in total. The number of benzene rings is 1. The Morgan fingerprint density at radius 1 is 1.22 bits per heavy atom. The van der Waals surface area contributed by atoms with Crippen LogP contribution >= 0.6 is 0 Å². The molecule has 1 aromatic carbocycles. The minimum atomic E-state index is -5.33. The van der Waals surface area contributed by atoms with Gasteiger partial charge in [0.2, 0.25) is 0 Å². The third-order valence-corrected chi connectivity index (χ3v) is 3.97. The predicted octanol–water partition coefficient (Wildman–Crippen LogP) is 3.75. The van der Waals surface area contributed by atoms with Gasteiger partial charge in [0.15, 0.2) is 0 Å². The molecule has 0 saturated heterocycles. The van der Waals surface area contributed by atoms with Crippen molar-refractivity contribution >= 4 is 25.6 Å². The Labute approximate surface area is 134 Å². The molecule has 0 unspecified atom stereocenters. The second-order valence-corrected chi connectivity index (χ2v) is 11.8. The third kappa shape index (κ3) is 7.56. The van der Waals surface area contributed by atoms with Crippen LogP contribution in [-0.2, 0) is 16.8 Å². The van der Waals surface area contributed by atoms with Crippen molar-refractivity contribution in [2.75, 3.05) is 0 Å². The van der Waals surface area contributed by atoms with Crippen molar-refractivity contribution in [3.05, 3.63) is 28.8 Å². The van der Waals surface area contributed by atoms with Gasteiger partial charge in [0.05, 0.1) is 0 Å². The zero-order valence-electron chi connectivity index (χ0n) is 13.1. The van der Waals surface area contributed by atoms with Crippen molar-refractivity contribution in [1.82, 2.24) is 0 Å². The van der Waals surface area contributed by atoms with Crippen LogP contribution in [0.1, 0.15) is 16.7 Å². The van der Waals surface area contributed by atoms with Gasteiger partial charge in [-0.25, -0.2) is 0 Å². The average molecular weight is 367 g/mol. The molecule has 0 aliphatic heterocycles. The Morgan fingerprint density at radius 3 is 2.22 bits per heavy atom. The number of rotatable bonds is 4. The SMILES string of the molecule is Cc1c(C#C[Si](C)(C)C)cc(OS(=O)(=O)F)cc1C[B-](F)(F)F. The van der Waals surface area contributed by atoms with E-state index in [2.05, 4.69) is 15.6 Å². The lowest BCUT2D eigenvalue weighted by Crippen LogP contribution is -2.20. The van der Waals surface area contributed by atoms with Crippen LogP contribution in [0.5, 0.6) is 5.75 Å². The lowest BCUT2D eigenvalue weighted by molar-refractivity contribution is 0.440. The van der Waals surface area contributed by atoms with E-state index in [0.29, 0.717) is 0 Å². The molecule has 0 aliphatic rings. The van der Waals surface area contributed by atoms with Gasteiger partial charge >= 0.3 is 17.5 Å². The van der Waals surface area contributed by atoms with Gasteiger partial charge < -0.3 is 17.1 Å². The molecule has 10 heteroatoms. The zero-order valence-corrected chi connectivity index (χ0v) is 14.9. The van der Waals surface area contributed by atoms with Crippen LogP contribution in [-0.4, -0.2) is 23.5 Å². The van der Waals surface area contributed by atoms with Crippen molar-refractivity contribution in [2.24, 2.45) is 0 Å². The van der Waals surface area contributed by atoms with Crippen LogP contribution in [0, 0.1) is 18.4 Å². The third-order valence-electron chi connectivity index (χ3n) is 2.71. The fourth-order valence-electron chi connectivity index (χ4n) is 1.75. The molecule has 0 radical (unpaired) electrons. The molecule has 128 valence electrons. The molecule has 0 aromatic heterocycles. The van der Waals surface area contributed by atoms with E-state index < -0.39 is 37.6 Å². The summed E-state index contributed by atoms with van der Waals surface area (Å²) >= 11 is 0. The van der Waals surface area contributed by atoms with Gasteiger partial charge in [0, 0.05) is 5.56 Å². The summed E-state index contributed by atoms with van der Waals surface area (Å²) in [6, 6.07) is 2.01. The second-order valence-electron chi connectivity index (χ2n) is 6.15. The molecular formula is C13H16BF4O3SSi-. The minimum absolute atomic E-state index is 0.182. The summed E-state index contributed by atoms with van der Waals surface area (Å²) < 4.78 is 76.0. The van der Waals surface area contributed by atoms with Crippen molar-refractivity contribution in [2.45, 2.75) is 32.9 Å². The number of hydrogen-bond donors (Lipinski definition) is 0. The maximum Gasteiger partial charge on any atom is 0.488 e. The van der Waals surface area contributed by atoms with E-state index in [1.165, 1.54) is 6.92 Å². The van der Waals surface area contributed by atoms with Gasteiger partial charge in [0.25, 0.3) is 0 Å². The lowest BCUT2D eigenvalue weighted by Gasteiger charge is -2.17. The highest BCUT2D eigenvalue weighted by atomic mass is 32.3. The highest BCUT2D eigenvalue weighted by Gasteiger charge is 2.25. The maximum atomic E-state index is 12.7. The minimum Gasteiger partial charge on any atom is -0.449 e. The van der Waals surface area contributed by atoms with E-state index in [1.54, 1.807) is 0 Å².